The summed E-state index contributed by atoms with van der Waals surface area (Å²) in [5, 5.41) is 21.6. The zero-order chi connectivity index (χ0) is 13.9. The van der Waals surface area contributed by atoms with Crippen LogP contribution in [0.3, 0.4) is 0 Å². The molecule has 0 fully saturated rings. The molecular weight excluding hydrogens is 253 g/mol. The van der Waals surface area contributed by atoms with Gasteiger partial charge in [-0.15, -0.1) is 0 Å². The van der Waals surface area contributed by atoms with Crippen molar-refractivity contribution in [1.82, 2.24) is 0 Å². The monoisotopic (exact) mass is 264 g/mol. The number of alkyl halides is 3. The Morgan fingerprint density at radius 2 is 2.06 bits per heavy atom. The van der Waals surface area contributed by atoms with Gasteiger partial charge in [-0.3, -0.25) is 10.1 Å². The van der Waals surface area contributed by atoms with Crippen molar-refractivity contribution in [2.24, 2.45) is 0 Å². The highest BCUT2D eigenvalue weighted by Gasteiger charge is 2.37. The normalized spacial score (nSPS) is 13.2. The van der Waals surface area contributed by atoms with E-state index in [2.05, 4.69) is 5.32 Å². The summed E-state index contributed by atoms with van der Waals surface area (Å²) in [6, 6.07) is 3.86. The van der Waals surface area contributed by atoms with Gasteiger partial charge in [-0.2, -0.15) is 13.2 Å². The predicted octanol–water partition coefficient (Wildman–Crippen LogP) is 2.24. The van der Waals surface area contributed by atoms with Crippen molar-refractivity contribution in [3.05, 3.63) is 33.9 Å². The highest BCUT2D eigenvalue weighted by atomic mass is 19.4. The first-order chi connectivity index (χ1) is 8.20. The maximum atomic E-state index is 12.0. The Bertz CT molecular complexity index is 448. The second kappa shape index (κ2) is 5.21. The second-order valence-corrected chi connectivity index (χ2v) is 3.75. The first-order valence-electron chi connectivity index (χ1n) is 4.95. The summed E-state index contributed by atoms with van der Waals surface area (Å²) in [7, 11) is 0. The van der Waals surface area contributed by atoms with E-state index in [0.717, 1.165) is 6.07 Å². The molecule has 0 amide bonds. The molecule has 8 heteroatoms. The molecule has 0 aliphatic rings. The van der Waals surface area contributed by atoms with Crippen molar-refractivity contribution in [2.75, 3.05) is 11.9 Å². The Labute approximate surface area is 100 Å². The lowest BCUT2D eigenvalue weighted by Gasteiger charge is -2.15. The third-order valence-corrected chi connectivity index (χ3v) is 2.15. The number of hydrogen-bond acceptors (Lipinski definition) is 4. The molecule has 2 N–H and O–H groups in total. The van der Waals surface area contributed by atoms with Crippen LogP contribution < -0.4 is 5.32 Å². The van der Waals surface area contributed by atoms with Crippen LogP contribution in [0.5, 0.6) is 0 Å². The van der Waals surface area contributed by atoms with Gasteiger partial charge in [0.15, 0.2) is 6.10 Å². The molecule has 0 spiro atoms. The molecule has 0 saturated carbocycles. The van der Waals surface area contributed by atoms with Crippen molar-refractivity contribution in [3.8, 4) is 0 Å². The number of nitrogens with zero attached hydrogens (tertiary/aromatic N) is 1. The Morgan fingerprint density at radius 1 is 1.44 bits per heavy atom. The molecule has 1 aromatic carbocycles. The molecule has 18 heavy (non-hydrogen) atoms. The number of non-ortho nitro benzene ring substituents is 1. The van der Waals surface area contributed by atoms with Gasteiger partial charge in [0.2, 0.25) is 0 Å². The van der Waals surface area contributed by atoms with E-state index in [0.29, 0.717) is 5.56 Å². The number of nitro benzene ring substituents is 1. The van der Waals surface area contributed by atoms with Gasteiger partial charge in [0, 0.05) is 24.4 Å². The first-order valence-corrected chi connectivity index (χ1v) is 4.95. The lowest BCUT2D eigenvalue weighted by Crippen LogP contribution is -2.35. The summed E-state index contributed by atoms with van der Waals surface area (Å²) in [5.74, 6) is 0. The Balaban J connectivity index is 2.77. The quantitative estimate of drug-likeness (QED) is 0.646. The number of aliphatic hydroxyl groups is 1. The summed E-state index contributed by atoms with van der Waals surface area (Å²) in [6.07, 6.45) is -7.24. The van der Waals surface area contributed by atoms with Gasteiger partial charge >= 0.3 is 6.18 Å². The lowest BCUT2D eigenvalue weighted by molar-refractivity contribution is -0.384. The average Bonchev–Trinajstić information content (AvgIpc) is 2.23. The van der Waals surface area contributed by atoms with E-state index < -0.39 is 23.7 Å². The fourth-order valence-corrected chi connectivity index (χ4v) is 1.30. The van der Waals surface area contributed by atoms with Crippen LogP contribution in [-0.2, 0) is 0 Å². The van der Waals surface area contributed by atoms with Gasteiger partial charge < -0.3 is 10.4 Å². The Morgan fingerprint density at radius 3 is 2.56 bits per heavy atom. The van der Waals surface area contributed by atoms with Gasteiger partial charge in [-0.05, 0) is 18.6 Å². The predicted molar refractivity (Wildman–Crippen MR) is 58.4 cm³/mol. The summed E-state index contributed by atoms with van der Waals surface area (Å²) in [4.78, 5) is 9.91. The van der Waals surface area contributed by atoms with Crippen molar-refractivity contribution in [1.29, 1.82) is 0 Å². The van der Waals surface area contributed by atoms with E-state index in [4.69, 9.17) is 5.11 Å². The fourth-order valence-electron chi connectivity index (χ4n) is 1.30. The van der Waals surface area contributed by atoms with Crippen molar-refractivity contribution in [2.45, 2.75) is 19.2 Å². The molecule has 100 valence electrons. The van der Waals surface area contributed by atoms with E-state index >= 15 is 0 Å². The fraction of sp³-hybridized carbons (Fsp3) is 0.400. The maximum Gasteiger partial charge on any atom is 0.416 e. The number of rotatable bonds is 4. The minimum Gasteiger partial charge on any atom is -0.382 e. The molecule has 0 radical (unpaired) electrons. The molecule has 0 saturated heterocycles. The van der Waals surface area contributed by atoms with Crippen LogP contribution in [0.15, 0.2) is 18.2 Å². The molecule has 1 atom stereocenters. The van der Waals surface area contributed by atoms with E-state index in [1.807, 2.05) is 0 Å². The highest BCUT2D eigenvalue weighted by molar-refractivity contribution is 5.53. The molecular formula is C10H11F3N2O3. The third kappa shape index (κ3) is 3.88. The largest absolute Gasteiger partial charge is 0.416 e. The third-order valence-electron chi connectivity index (χ3n) is 2.15. The molecule has 1 aromatic rings. The van der Waals surface area contributed by atoms with E-state index in [-0.39, 0.29) is 11.4 Å². The minimum absolute atomic E-state index is 0.157. The number of aryl methyl sites for hydroxylation is 1. The summed E-state index contributed by atoms with van der Waals surface area (Å²) >= 11 is 0. The SMILES string of the molecule is Cc1cc(NCC(O)C(F)(F)F)cc([N+](=O)[O-])c1. The average molecular weight is 264 g/mol. The van der Waals surface area contributed by atoms with E-state index in [9.17, 15) is 23.3 Å². The zero-order valence-corrected chi connectivity index (χ0v) is 9.36. The molecule has 5 nitrogen and oxygen atoms in total. The number of aliphatic hydroxyl groups excluding tert-OH is 1. The number of benzene rings is 1. The van der Waals surface area contributed by atoms with Crippen LogP contribution in [0.1, 0.15) is 5.56 Å². The molecule has 0 aliphatic heterocycles. The van der Waals surface area contributed by atoms with Crippen LogP contribution in [0.2, 0.25) is 0 Å². The summed E-state index contributed by atoms with van der Waals surface area (Å²) < 4.78 is 36.1. The molecule has 1 unspecified atom stereocenters. The van der Waals surface area contributed by atoms with E-state index in [1.54, 1.807) is 6.92 Å². The molecule has 0 heterocycles. The first kappa shape index (κ1) is 14.2. The van der Waals surface area contributed by atoms with Crippen molar-refractivity contribution < 1.29 is 23.2 Å². The molecule has 0 aromatic heterocycles. The van der Waals surface area contributed by atoms with Gasteiger partial charge in [0.1, 0.15) is 0 Å². The van der Waals surface area contributed by atoms with Crippen LogP contribution in [0.25, 0.3) is 0 Å². The number of hydrogen-bond donors (Lipinski definition) is 2. The Hall–Kier alpha value is -1.83. The standard InChI is InChI=1S/C10H11F3N2O3/c1-6-2-7(4-8(3-6)15(17)18)14-5-9(16)10(11,12)13/h2-4,9,14,16H,5H2,1H3. The van der Waals surface area contributed by atoms with Crippen molar-refractivity contribution >= 4 is 11.4 Å². The number of anilines is 1. The van der Waals surface area contributed by atoms with Crippen molar-refractivity contribution in [3.63, 3.8) is 0 Å². The minimum atomic E-state index is -4.72. The van der Waals surface area contributed by atoms with Crippen LogP contribution in [0, 0.1) is 17.0 Å². The number of halogens is 3. The van der Waals surface area contributed by atoms with Crippen LogP contribution in [0.4, 0.5) is 24.5 Å². The zero-order valence-electron chi connectivity index (χ0n) is 9.36. The summed E-state index contributed by atoms with van der Waals surface area (Å²) in [6.45, 7) is 0.822. The van der Waals surface area contributed by atoms with Crippen LogP contribution >= 0.6 is 0 Å². The van der Waals surface area contributed by atoms with Gasteiger partial charge in [-0.25, -0.2) is 0 Å². The summed E-state index contributed by atoms with van der Waals surface area (Å²) in [5.41, 5.74) is 0.470. The Kier molecular flexibility index (Phi) is 4.12. The molecule has 0 aliphatic carbocycles. The topological polar surface area (TPSA) is 75.4 Å². The molecule has 0 bridgehead atoms. The lowest BCUT2D eigenvalue weighted by atomic mass is 10.2. The molecule has 1 rings (SSSR count). The van der Waals surface area contributed by atoms with Gasteiger partial charge in [-0.1, -0.05) is 0 Å². The number of nitro groups is 1. The van der Waals surface area contributed by atoms with E-state index in [1.165, 1.54) is 12.1 Å². The smallest absolute Gasteiger partial charge is 0.382 e. The van der Waals surface area contributed by atoms with Gasteiger partial charge in [0.05, 0.1) is 4.92 Å². The van der Waals surface area contributed by atoms with Gasteiger partial charge in [0.25, 0.3) is 5.69 Å². The highest BCUT2D eigenvalue weighted by Crippen LogP contribution is 2.23. The number of nitrogens with one attached hydrogen (secondary N) is 1. The maximum absolute atomic E-state index is 12.0. The second-order valence-electron chi connectivity index (χ2n) is 3.75. The van der Waals surface area contributed by atoms with Crippen LogP contribution in [-0.4, -0.2) is 28.9 Å².